The van der Waals surface area contributed by atoms with Crippen LogP contribution < -0.4 is 10.2 Å². The highest BCUT2D eigenvalue weighted by molar-refractivity contribution is 7.10. The third-order valence-corrected chi connectivity index (χ3v) is 7.09. The van der Waals surface area contributed by atoms with Gasteiger partial charge in [0, 0.05) is 37.5 Å². The number of hydrogen-bond acceptors (Lipinski definition) is 7. The lowest BCUT2D eigenvalue weighted by Crippen LogP contribution is -2.38. The number of carbonyl (C=O) groups is 2. The molecule has 0 bridgehead atoms. The highest BCUT2D eigenvalue weighted by Crippen LogP contribution is 2.31. The van der Waals surface area contributed by atoms with Gasteiger partial charge in [-0.05, 0) is 31.4 Å². The number of rotatable bonds is 7. The molecule has 2 aliphatic heterocycles. The van der Waals surface area contributed by atoms with Crippen molar-refractivity contribution in [2.24, 2.45) is 0 Å². The molecule has 2 saturated heterocycles. The monoisotopic (exact) mass is 472 g/mol. The molecule has 178 valence electrons. The first-order valence-electron chi connectivity index (χ1n) is 11.8. The van der Waals surface area contributed by atoms with Crippen LogP contribution in [0.25, 0.3) is 0 Å². The van der Waals surface area contributed by atoms with Crippen molar-refractivity contribution in [3.8, 4) is 0 Å². The standard InChI is InChI=1S/C24H32N4O4S/c1-2-3-14-32-24(30)28-10-8-18(9-11-28)23-26-20(17-33-23)22(29)25-19-6-4-5-7-21(19)27-12-15-31-16-13-27/h4-7,17-18H,2-3,8-16H2,1H3,(H,25,29). The molecule has 8 nitrogen and oxygen atoms in total. The van der Waals surface area contributed by atoms with Crippen molar-refractivity contribution in [3.63, 3.8) is 0 Å². The van der Waals surface area contributed by atoms with Crippen LogP contribution in [0.1, 0.15) is 54.0 Å². The number of likely N-dealkylation sites (tertiary alicyclic amines) is 1. The fourth-order valence-electron chi connectivity index (χ4n) is 4.13. The minimum Gasteiger partial charge on any atom is -0.449 e. The topological polar surface area (TPSA) is 84.0 Å². The van der Waals surface area contributed by atoms with Gasteiger partial charge < -0.3 is 24.6 Å². The summed E-state index contributed by atoms with van der Waals surface area (Å²) in [4.78, 5) is 33.7. The molecule has 0 unspecified atom stereocenters. The molecular formula is C24H32N4O4S. The molecule has 1 aromatic heterocycles. The van der Waals surface area contributed by atoms with E-state index in [-0.39, 0.29) is 17.9 Å². The van der Waals surface area contributed by atoms with Crippen LogP contribution in [0.2, 0.25) is 0 Å². The average Bonchev–Trinajstić information content (AvgIpc) is 3.36. The quantitative estimate of drug-likeness (QED) is 0.603. The predicted octanol–water partition coefficient (Wildman–Crippen LogP) is 4.35. The van der Waals surface area contributed by atoms with E-state index >= 15 is 0 Å². The molecule has 2 aromatic rings. The van der Waals surface area contributed by atoms with Crippen molar-refractivity contribution >= 4 is 34.7 Å². The van der Waals surface area contributed by atoms with Gasteiger partial charge in [0.1, 0.15) is 5.69 Å². The number of morpholine rings is 1. The number of hydrogen-bond donors (Lipinski definition) is 1. The third kappa shape index (κ3) is 6.03. The second-order valence-corrected chi connectivity index (χ2v) is 9.26. The number of amides is 2. The minimum atomic E-state index is -0.222. The van der Waals surface area contributed by atoms with Crippen LogP contribution in [-0.4, -0.2) is 67.9 Å². The van der Waals surface area contributed by atoms with E-state index in [1.165, 1.54) is 11.3 Å². The molecule has 0 aliphatic carbocycles. The molecule has 2 amide bonds. The van der Waals surface area contributed by atoms with Crippen molar-refractivity contribution in [3.05, 3.63) is 40.3 Å². The van der Waals surface area contributed by atoms with E-state index in [0.29, 0.717) is 38.6 Å². The fourth-order valence-corrected chi connectivity index (χ4v) is 5.10. The molecule has 4 rings (SSSR count). The van der Waals surface area contributed by atoms with Gasteiger partial charge in [0.25, 0.3) is 5.91 Å². The van der Waals surface area contributed by atoms with Crippen molar-refractivity contribution in [1.82, 2.24) is 9.88 Å². The molecule has 0 spiro atoms. The van der Waals surface area contributed by atoms with Crippen LogP contribution >= 0.6 is 11.3 Å². The van der Waals surface area contributed by atoms with E-state index in [0.717, 1.165) is 55.2 Å². The largest absolute Gasteiger partial charge is 0.449 e. The van der Waals surface area contributed by atoms with Gasteiger partial charge in [-0.25, -0.2) is 9.78 Å². The molecule has 3 heterocycles. The van der Waals surface area contributed by atoms with Crippen LogP contribution in [0.15, 0.2) is 29.6 Å². The van der Waals surface area contributed by atoms with Crippen LogP contribution in [0, 0.1) is 0 Å². The Kier molecular flexibility index (Phi) is 8.17. The van der Waals surface area contributed by atoms with E-state index in [1.807, 2.05) is 29.6 Å². The lowest BCUT2D eigenvalue weighted by Gasteiger charge is -2.30. The van der Waals surface area contributed by atoms with Crippen LogP contribution in [-0.2, 0) is 9.47 Å². The van der Waals surface area contributed by atoms with Gasteiger partial charge in [-0.15, -0.1) is 11.3 Å². The summed E-state index contributed by atoms with van der Waals surface area (Å²) in [6.07, 6.45) is 3.34. The Morgan fingerprint density at radius 1 is 1.18 bits per heavy atom. The summed E-state index contributed by atoms with van der Waals surface area (Å²) in [5.41, 5.74) is 2.23. The SMILES string of the molecule is CCCCOC(=O)N1CCC(c2nc(C(=O)Nc3ccccc3N3CCOCC3)cs2)CC1. The minimum absolute atomic E-state index is 0.199. The summed E-state index contributed by atoms with van der Waals surface area (Å²) < 4.78 is 10.8. The van der Waals surface area contributed by atoms with Crippen molar-refractivity contribution < 1.29 is 19.1 Å². The van der Waals surface area contributed by atoms with E-state index in [1.54, 1.807) is 4.90 Å². The summed E-state index contributed by atoms with van der Waals surface area (Å²) in [6.45, 7) is 6.85. The fraction of sp³-hybridized carbons (Fsp3) is 0.542. The molecule has 33 heavy (non-hydrogen) atoms. The number of nitrogens with one attached hydrogen (secondary N) is 1. The molecule has 1 aromatic carbocycles. The number of benzene rings is 1. The molecule has 0 saturated carbocycles. The Hall–Kier alpha value is -2.65. The number of nitrogens with zero attached hydrogens (tertiary/aromatic N) is 3. The molecule has 9 heteroatoms. The van der Waals surface area contributed by atoms with Crippen LogP contribution in [0.4, 0.5) is 16.2 Å². The van der Waals surface area contributed by atoms with E-state index in [2.05, 4.69) is 22.1 Å². The first-order chi connectivity index (χ1) is 16.2. The predicted molar refractivity (Wildman–Crippen MR) is 129 cm³/mol. The summed E-state index contributed by atoms with van der Waals surface area (Å²) in [5, 5.41) is 5.83. The maximum atomic E-state index is 12.9. The number of piperidine rings is 1. The zero-order valence-corrected chi connectivity index (χ0v) is 19.9. The molecule has 2 fully saturated rings. The smallest absolute Gasteiger partial charge is 0.409 e. The molecule has 0 radical (unpaired) electrons. The first-order valence-corrected chi connectivity index (χ1v) is 12.6. The summed E-state index contributed by atoms with van der Waals surface area (Å²) >= 11 is 1.52. The van der Waals surface area contributed by atoms with Crippen LogP contribution in [0.5, 0.6) is 0 Å². The summed E-state index contributed by atoms with van der Waals surface area (Å²) in [7, 11) is 0. The van der Waals surface area contributed by atoms with E-state index in [4.69, 9.17) is 9.47 Å². The normalized spacial score (nSPS) is 17.1. The lowest BCUT2D eigenvalue weighted by molar-refractivity contribution is 0.0916. The number of para-hydroxylation sites is 2. The van der Waals surface area contributed by atoms with Gasteiger partial charge in [0.15, 0.2) is 0 Å². The highest BCUT2D eigenvalue weighted by Gasteiger charge is 2.27. The number of ether oxygens (including phenoxy) is 2. The second kappa shape index (κ2) is 11.5. The zero-order valence-electron chi connectivity index (χ0n) is 19.1. The Morgan fingerprint density at radius 3 is 2.70 bits per heavy atom. The summed E-state index contributed by atoms with van der Waals surface area (Å²) in [5.74, 6) is 0.0621. The number of aromatic nitrogens is 1. The lowest BCUT2D eigenvalue weighted by atomic mass is 9.98. The van der Waals surface area contributed by atoms with Crippen molar-refractivity contribution in [2.75, 3.05) is 56.2 Å². The maximum absolute atomic E-state index is 12.9. The van der Waals surface area contributed by atoms with Gasteiger partial charge in [0.05, 0.1) is 36.2 Å². The Balaban J connectivity index is 1.33. The van der Waals surface area contributed by atoms with Crippen molar-refractivity contribution in [2.45, 2.75) is 38.5 Å². The van der Waals surface area contributed by atoms with Gasteiger partial charge in [-0.2, -0.15) is 0 Å². The first kappa shape index (κ1) is 23.5. The Bertz CT molecular complexity index is 936. The van der Waals surface area contributed by atoms with Gasteiger partial charge in [0.2, 0.25) is 0 Å². The van der Waals surface area contributed by atoms with E-state index < -0.39 is 0 Å². The Morgan fingerprint density at radius 2 is 1.94 bits per heavy atom. The molecule has 2 aliphatic rings. The maximum Gasteiger partial charge on any atom is 0.409 e. The van der Waals surface area contributed by atoms with Gasteiger partial charge in [-0.3, -0.25) is 4.79 Å². The summed E-state index contributed by atoms with van der Waals surface area (Å²) in [6, 6.07) is 7.85. The second-order valence-electron chi connectivity index (χ2n) is 8.37. The average molecular weight is 473 g/mol. The number of anilines is 2. The molecule has 0 atom stereocenters. The Labute approximate surface area is 198 Å². The van der Waals surface area contributed by atoms with E-state index in [9.17, 15) is 9.59 Å². The zero-order chi connectivity index (χ0) is 23.0. The highest BCUT2D eigenvalue weighted by atomic mass is 32.1. The van der Waals surface area contributed by atoms with Gasteiger partial charge in [-0.1, -0.05) is 25.5 Å². The van der Waals surface area contributed by atoms with Crippen LogP contribution in [0.3, 0.4) is 0 Å². The van der Waals surface area contributed by atoms with Gasteiger partial charge >= 0.3 is 6.09 Å². The number of unbranched alkanes of at least 4 members (excludes halogenated alkanes) is 1. The molecule has 1 N–H and O–H groups in total. The third-order valence-electron chi connectivity index (χ3n) is 6.08. The van der Waals surface area contributed by atoms with Crippen molar-refractivity contribution in [1.29, 1.82) is 0 Å². The molecular weight excluding hydrogens is 440 g/mol. The number of carbonyl (C=O) groups excluding carboxylic acids is 2. The number of thiazole rings is 1.